The largest absolute Gasteiger partial charge is 0.490 e. The van der Waals surface area contributed by atoms with E-state index in [1.165, 1.54) is 19.0 Å². The molecule has 3 aromatic heterocycles. The van der Waals surface area contributed by atoms with Gasteiger partial charge in [0, 0.05) is 58.3 Å². The van der Waals surface area contributed by atoms with Crippen molar-refractivity contribution in [3.8, 4) is 0 Å². The van der Waals surface area contributed by atoms with Crippen molar-refractivity contribution >= 4 is 85.1 Å². The number of nitrogen functional groups attached to an aromatic ring is 1. The van der Waals surface area contributed by atoms with E-state index in [4.69, 9.17) is 43.7 Å². The van der Waals surface area contributed by atoms with Crippen LogP contribution in [0.5, 0.6) is 0 Å². The van der Waals surface area contributed by atoms with Gasteiger partial charge in [0.05, 0.1) is 5.34 Å². The molecular formula is C26H39BBr2Cl2N6O3. The third-order valence-electron chi connectivity index (χ3n) is 4.26. The SMILES string of the molecule is C1CCOC1.CC(C)Nc1ccc(B(O)O)cn1.CC(C)Nc1ccc(Br)cn1.ClCCl.Nc1ccc(Br)cn1. The van der Waals surface area contributed by atoms with Gasteiger partial charge in [-0.05, 0) is 103 Å². The molecule has 1 aliphatic rings. The molecule has 0 bridgehead atoms. The van der Waals surface area contributed by atoms with Crippen molar-refractivity contribution < 1.29 is 14.8 Å². The fourth-order valence-electron chi connectivity index (χ4n) is 2.59. The first-order valence-electron chi connectivity index (χ1n) is 12.5. The number of halogens is 4. The number of nitrogens with two attached hydrogens (primary N) is 1. The molecule has 0 aromatic carbocycles. The second-order valence-corrected chi connectivity index (χ2v) is 11.3. The van der Waals surface area contributed by atoms with Crippen molar-refractivity contribution in [2.75, 3.05) is 34.9 Å². The average Bonchev–Trinajstić information content (AvgIpc) is 3.49. The molecule has 0 amide bonds. The summed E-state index contributed by atoms with van der Waals surface area (Å²) in [7, 11) is -1.44. The molecule has 1 aliphatic heterocycles. The average molecular weight is 725 g/mol. The van der Waals surface area contributed by atoms with Crippen LogP contribution in [0.3, 0.4) is 0 Å². The molecule has 222 valence electrons. The van der Waals surface area contributed by atoms with Gasteiger partial charge in [-0.15, -0.1) is 23.2 Å². The molecule has 40 heavy (non-hydrogen) atoms. The molecule has 0 aliphatic carbocycles. The normalized spacial score (nSPS) is 11.4. The fourth-order valence-corrected chi connectivity index (χ4v) is 3.06. The Balaban J connectivity index is 0.000000510. The topological polar surface area (TPSA) is 138 Å². The number of hydrogen-bond donors (Lipinski definition) is 5. The number of anilines is 3. The Morgan fingerprint density at radius 1 is 0.825 bits per heavy atom. The Morgan fingerprint density at radius 2 is 1.27 bits per heavy atom. The van der Waals surface area contributed by atoms with Gasteiger partial charge in [-0.25, -0.2) is 15.0 Å². The lowest BCUT2D eigenvalue weighted by Gasteiger charge is -2.08. The Morgan fingerprint density at radius 3 is 1.55 bits per heavy atom. The summed E-state index contributed by atoms with van der Waals surface area (Å²) in [5.74, 6) is 2.20. The maximum absolute atomic E-state index is 8.79. The Bertz CT molecular complexity index is 974. The van der Waals surface area contributed by atoms with Gasteiger partial charge in [0.1, 0.15) is 17.5 Å². The summed E-state index contributed by atoms with van der Waals surface area (Å²) in [5.41, 5.74) is 5.69. The lowest BCUT2D eigenvalue weighted by Crippen LogP contribution is -2.30. The molecule has 0 spiro atoms. The number of ether oxygens (including phenoxy) is 1. The first-order chi connectivity index (χ1) is 19.0. The van der Waals surface area contributed by atoms with Gasteiger partial charge in [-0.1, -0.05) is 6.07 Å². The van der Waals surface area contributed by atoms with Gasteiger partial charge in [-0.2, -0.15) is 0 Å². The number of alkyl halides is 2. The summed E-state index contributed by atoms with van der Waals surface area (Å²) in [5, 5.41) is 24.1. The minimum absolute atomic E-state index is 0.194. The highest BCUT2D eigenvalue weighted by Crippen LogP contribution is 2.11. The number of pyridine rings is 3. The standard InChI is InChI=1S/C8H13BN2O2.C8H11BrN2.C5H5BrN2.C4H8O.CH2Cl2/c1-6(2)11-8-4-3-7(5-10-8)9(12)13;1-6(2)11-8-4-3-7(9)5-10-8;6-4-1-2-5(7)8-3-4;1-2-4-5-3-1;2-1-3/h3-6,12-13H,1-2H3,(H,10,11);3-6H,1-2H3,(H,10,11);1-3H,(H2,7,8);1-4H2;1H2. The monoisotopic (exact) mass is 722 g/mol. The number of aromatic nitrogens is 3. The lowest BCUT2D eigenvalue weighted by atomic mass is 9.82. The quantitative estimate of drug-likeness (QED) is 0.161. The van der Waals surface area contributed by atoms with E-state index in [0.29, 0.717) is 23.4 Å². The first kappa shape index (κ1) is 38.3. The Labute approximate surface area is 265 Å². The van der Waals surface area contributed by atoms with Gasteiger partial charge in [0.25, 0.3) is 0 Å². The van der Waals surface area contributed by atoms with E-state index in [-0.39, 0.29) is 5.34 Å². The van der Waals surface area contributed by atoms with Crippen molar-refractivity contribution in [2.45, 2.75) is 52.6 Å². The maximum atomic E-state index is 8.79. The van der Waals surface area contributed by atoms with Crippen molar-refractivity contribution in [2.24, 2.45) is 0 Å². The predicted molar refractivity (Wildman–Crippen MR) is 176 cm³/mol. The van der Waals surface area contributed by atoms with E-state index in [1.54, 1.807) is 30.6 Å². The van der Waals surface area contributed by atoms with Crippen molar-refractivity contribution in [1.29, 1.82) is 0 Å². The van der Waals surface area contributed by atoms with Gasteiger partial charge >= 0.3 is 7.12 Å². The van der Waals surface area contributed by atoms with Crippen LogP contribution in [0.15, 0.2) is 63.9 Å². The number of nitrogens with one attached hydrogen (secondary N) is 2. The molecule has 0 saturated carbocycles. The van der Waals surface area contributed by atoms with E-state index in [0.717, 1.165) is 33.8 Å². The van der Waals surface area contributed by atoms with Crippen LogP contribution in [-0.2, 0) is 4.74 Å². The minimum atomic E-state index is -1.44. The van der Waals surface area contributed by atoms with Crippen LogP contribution in [0.25, 0.3) is 0 Å². The molecule has 0 atom stereocenters. The van der Waals surface area contributed by atoms with Crippen LogP contribution in [0.2, 0.25) is 0 Å². The fraction of sp³-hybridized carbons (Fsp3) is 0.423. The highest BCUT2D eigenvalue weighted by atomic mass is 79.9. The number of rotatable bonds is 5. The lowest BCUT2D eigenvalue weighted by molar-refractivity contribution is 0.198. The highest BCUT2D eigenvalue weighted by Gasteiger charge is 2.10. The summed E-state index contributed by atoms with van der Waals surface area (Å²) in [6.45, 7) is 10.2. The van der Waals surface area contributed by atoms with E-state index in [2.05, 4.69) is 71.3 Å². The van der Waals surface area contributed by atoms with Crippen molar-refractivity contribution in [3.63, 3.8) is 0 Å². The molecule has 14 heteroatoms. The van der Waals surface area contributed by atoms with Crippen LogP contribution < -0.4 is 21.8 Å². The van der Waals surface area contributed by atoms with E-state index >= 15 is 0 Å². The van der Waals surface area contributed by atoms with E-state index in [1.807, 2.05) is 32.0 Å². The van der Waals surface area contributed by atoms with Gasteiger partial charge in [0.15, 0.2) is 0 Å². The van der Waals surface area contributed by atoms with Gasteiger partial charge in [-0.3, -0.25) is 0 Å². The molecule has 4 heterocycles. The summed E-state index contributed by atoms with van der Waals surface area (Å²) >= 11 is 16.1. The van der Waals surface area contributed by atoms with Gasteiger partial charge in [0.2, 0.25) is 0 Å². The highest BCUT2D eigenvalue weighted by molar-refractivity contribution is 9.10. The first-order valence-corrected chi connectivity index (χ1v) is 15.2. The number of hydrogen-bond acceptors (Lipinski definition) is 9. The summed E-state index contributed by atoms with van der Waals surface area (Å²) in [4.78, 5) is 12.0. The molecule has 0 radical (unpaired) electrons. The maximum Gasteiger partial charge on any atom is 0.490 e. The van der Waals surface area contributed by atoms with Crippen LogP contribution >= 0.6 is 55.1 Å². The third kappa shape index (κ3) is 22.1. The van der Waals surface area contributed by atoms with E-state index in [9.17, 15) is 0 Å². The molecule has 3 aromatic rings. The smallest absolute Gasteiger partial charge is 0.423 e. The third-order valence-corrected chi connectivity index (χ3v) is 5.20. The predicted octanol–water partition coefficient (Wildman–Crippen LogP) is 5.89. The molecule has 1 fully saturated rings. The van der Waals surface area contributed by atoms with Crippen LogP contribution in [0.4, 0.5) is 17.5 Å². The molecule has 6 N–H and O–H groups in total. The Hall–Kier alpha value is -1.67. The molecule has 0 unspecified atom stereocenters. The summed E-state index contributed by atoms with van der Waals surface area (Å²) in [6, 6.07) is 11.6. The minimum Gasteiger partial charge on any atom is -0.423 e. The van der Waals surface area contributed by atoms with Crippen molar-refractivity contribution in [1.82, 2.24) is 15.0 Å². The Kier molecular flexibility index (Phi) is 23.0. The summed E-state index contributed by atoms with van der Waals surface area (Å²) < 4.78 is 6.90. The molecule has 4 rings (SSSR count). The zero-order chi connectivity index (χ0) is 30.3. The zero-order valence-electron chi connectivity index (χ0n) is 23.2. The van der Waals surface area contributed by atoms with Gasteiger partial charge < -0.3 is 31.2 Å². The molecule has 9 nitrogen and oxygen atoms in total. The van der Waals surface area contributed by atoms with Crippen molar-refractivity contribution in [3.05, 3.63) is 63.9 Å². The molecular weight excluding hydrogens is 686 g/mol. The van der Waals surface area contributed by atoms with Crippen LogP contribution in [0.1, 0.15) is 40.5 Å². The van der Waals surface area contributed by atoms with Crippen LogP contribution in [-0.4, -0.2) is 62.8 Å². The van der Waals surface area contributed by atoms with Crippen LogP contribution in [0, 0.1) is 0 Å². The summed E-state index contributed by atoms with van der Waals surface area (Å²) in [6.07, 6.45) is 7.44. The van der Waals surface area contributed by atoms with E-state index < -0.39 is 7.12 Å². The second kappa shape index (κ2) is 24.0. The molecule has 1 saturated heterocycles. The second-order valence-electron chi connectivity index (χ2n) is 8.63. The zero-order valence-corrected chi connectivity index (χ0v) is 27.9. The number of nitrogens with zero attached hydrogens (tertiary/aromatic N) is 3.